The number of nitrogens with one attached hydrogen (secondary N) is 1. The van der Waals surface area contributed by atoms with Gasteiger partial charge in [0.05, 0.1) is 16.8 Å². The fourth-order valence-corrected chi connectivity index (χ4v) is 3.92. The number of para-hydroxylation sites is 1. The number of thiazole rings is 1. The van der Waals surface area contributed by atoms with E-state index in [4.69, 9.17) is 0 Å². The highest BCUT2D eigenvalue weighted by Gasteiger charge is 2.26. The Morgan fingerprint density at radius 1 is 1.33 bits per heavy atom. The standard InChI is InChI=1S/C16H21N3OS/c1-11-6-5-7-12(2)19(11)10-15(20)18-16-17-13-8-3-4-9-14(13)21-16/h3-4,8-9,11-12H,5-7,10H2,1-2H3,(H,17,18,20). The Labute approximate surface area is 129 Å². The molecule has 1 aromatic carbocycles. The minimum absolute atomic E-state index is 0.0367. The topological polar surface area (TPSA) is 45.2 Å². The number of hydrogen-bond donors (Lipinski definition) is 1. The summed E-state index contributed by atoms with van der Waals surface area (Å²) in [5.74, 6) is 0.0367. The zero-order valence-corrected chi connectivity index (χ0v) is 13.3. The van der Waals surface area contributed by atoms with E-state index in [0.717, 1.165) is 10.2 Å². The van der Waals surface area contributed by atoms with E-state index in [2.05, 4.69) is 29.0 Å². The Balaban J connectivity index is 1.65. The van der Waals surface area contributed by atoms with Crippen molar-refractivity contribution in [1.82, 2.24) is 9.88 Å². The van der Waals surface area contributed by atoms with Crippen LogP contribution in [0.4, 0.5) is 5.13 Å². The Morgan fingerprint density at radius 3 is 2.76 bits per heavy atom. The molecule has 1 saturated heterocycles. The highest BCUT2D eigenvalue weighted by atomic mass is 32.1. The summed E-state index contributed by atoms with van der Waals surface area (Å²) in [5, 5.41) is 3.64. The van der Waals surface area contributed by atoms with Crippen LogP contribution in [0.1, 0.15) is 33.1 Å². The number of aromatic nitrogens is 1. The first kappa shape index (κ1) is 14.5. The summed E-state index contributed by atoms with van der Waals surface area (Å²) in [5.41, 5.74) is 0.942. The Morgan fingerprint density at radius 2 is 2.05 bits per heavy atom. The molecule has 21 heavy (non-hydrogen) atoms. The highest BCUT2D eigenvalue weighted by Crippen LogP contribution is 2.26. The first-order valence-electron chi connectivity index (χ1n) is 7.54. The van der Waals surface area contributed by atoms with Crippen LogP contribution in [0.3, 0.4) is 0 Å². The SMILES string of the molecule is CC1CCCC(C)N1CC(=O)Nc1nc2ccccc2s1. The minimum Gasteiger partial charge on any atom is -0.301 e. The molecule has 2 unspecified atom stereocenters. The second kappa shape index (κ2) is 6.12. The van der Waals surface area contributed by atoms with Crippen molar-refractivity contribution in [2.75, 3.05) is 11.9 Å². The summed E-state index contributed by atoms with van der Waals surface area (Å²) in [6, 6.07) is 8.91. The lowest BCUT2D eigenvalue weighted by atomic mass is 9.97. The van der Waals surface area contributed by atoms with Gasteiger partial charge in [-0.25, -0.2) is 4.98 Å². The van der Waals surface area contributed by atoms with Gasteiger partial charge in [0.25, 0.3) is 0 Å². The third-order valence-electron chi connectivity index (χ3n) is 4.24. The molecule has 2 heterocycles. The van der Waals surface area contributed by atoms with Crippen molar-refractivity contribution in [3.05, 3.63) is 24.3 Å². The second-order valence-corrected chi connectivity index (χ2v) is 6.87. The average Bonchev–Trinajstić information content (AvgIpc) is 2.85. The van der Waals surface area contributed by atoms with Crippen molar-refractivity contribution >= 4 is 32.6 Å². The van der Waals surface area contributed by atoms with Crippen molar-refractivity contribution in [3.63, 3.8) is 0 Å². The summed E-state index contributed by atoms with van der Waals surface area (Å²) in [6.45, 7) is 4.87. The van der Waals surface area contributed by atoms with E-state index in [1.807, 2.05) is 24.3 Å². The van der Waals surface area contributed by atoms with Crippen molar-refractivity contribution in [2.45, 2.75) is 45.2 Å². The smallest absolute Gasteiger partial charge is 0.240 e. The molecule has 2 aromatic rings. The highest BCUT2D eigenvalue weighted by molar-refractivity contribution is 7.22. The lowest BCUT2D eigenvalue weighted by Gasteiger charge is -2.38. The number of amides is 1. The third kappa shape index (κ3) is 3.24. The molecule has 1 aliphatic heterocycles. The van der Waals surface area contributed by atoms with Crippen LogP contribution < -0.4 is 5.32 Å². The van der Waals surface area contributed by atoms with Crippen LogP contribution in [0, 0.1) is 0 Å². The van der Waals surface area contributed by atoms with Gasteiger partial charge in [-0.1, -0.05) is 29.9 Å². The number of fused-ring (bicyclic) bond motifs is 1. The number of carbonyl (C=O) groups excluding carboxylic acids is 1. The van der Waals surface area contributed by atoms with E-state index in [9.17, 15) is 4.79 Å². The van der Waals surface area contributed by atoms with E-state index < -0.39 is 0 Å². The molecule has 0 saturated carbocycles. The number of likely N-dealkylation sites (tertiary alicyclic amines) is 1. The molecule has 2 atom stereocenters. The van der Waals surface area contributed by atoms with Crippen molar-refractivity contribution in [3.8, 4) is 0 Å². The van der Waals surface area contributed by atoms with Crippen molar-refractivity contribution in [2.24, 2.45) is 0 Å². The van der Waals surface area contributed by atoms with E-state index in [0.29, 0.717) is 23.8 Å². The molecule has 112 valence electrons. The van der Waals surface area contributed by atoms with Crippen LogP contribution in [0.15, 0.2) is 24.3 Å². The predicted octanol–water partition coefficient (Wildman–Crippen LogP) is 3.50. The van der Waals surface area contributed by atoms with E-state index in [1.165, 1.54) is 30.6 Å². The number of anilines is 1. The number of nitrogens with zero attached hydrogens (tertiary/aromatic N) is 2. The zero-order valence-electron chi connectivity index (χ0n) is 12.5. The summed E-state index contributed by atoms with van der Waals surface area (Å²) in [4.78, 5) is 19.0. The molecule has 1 amide bonds. The molecule has 0 bridgehead atoms. The molecule has 1 aromatic heterocycles. The normalized spacial score (nSPS) is 23.3. The Hall–Kier alpha value is -1.46. The summed E-state index contributed by atoms with van der Waals surface area (Å²) < 4.78 is 1.10. The molecule has 1 N–H and O–H groups in total. The van der Waals surface area contributed by atoms with Crippen LogP contribution in [-0.2, 0) is 4.79 Å². The van der Waals surface area contributed by atoms with Crippen LogP contribution in [-0.4, -0.2) is 34.4 Å². The molecule has 1 fully saturated rings. The zero-order chi connectivity index (χ0) is 14.8. The quantitative estimate of drug-likeness (QED) is 0.944. The van der Waals surface area contributed by atoms with Crippen molar-refractivity contribution < 1.29 is 4.79 Å². The summed E-state index contributed by atoms with van der Waals surface area (Å²) >= 11 is 1.53. The molecular weight excluding hydrogens is 282 g/mol. The van der Waals surface area contributed by atoms with Gasteiger partial charge >= 0.3 is 0 Å². The minimum atomic E-state index is 0.0367. The molecule has 1 aliphatic rings. The van der Waals surface area contributed by atoms with Gasteiger partial charge in [0.15, 0.2) is 5.13 Å². The number of carbonyl (C=O) groups is 1. The van der Waals surface area contributed by atoms with Crippen LogP contribution in [0.2, 0.25) is 0 Å². The number of rotatable bonds is 3. The molecular formula is C16H21N3OS. The fourth-order valence-electron chi connectivity index (χ4n) is 3.04. The summed E-state index contributed by atoms with van der Waals surface area (Å²) in [6.07, 6.45) is 3.62. The van der Waals surface area contributed by atoms with Crippen LogP contribution in [0.5, 0.6) is 0 Å². The lowest BCUT2D eigenvalue weighted by molar-refractivity contribution is -0.118. The van der Waals surface area contributed by atoms with Gasteiger partial charge in [0.1, 0.15) is 0 Å². The van der Waals surface area contributed by atoms with Gasteiger partial charge in [0.2, 0.25) is 5.91 Å². The first-order valence-corrected chi connectivity index (χ1v) is 8.36. The Bertz CT molecular complexity index is 596. The van der Waals surface area contributed by atoms with Crippen molar-refractivity contribution in [1.29, 1.82) is 0 Å². The molecule has 0 spiro atoms. The van der Waals surface area contributed by atoms with Gasteiger partial charge in [0, 0.05) is 12.1 Å². The maximum absolute atomic E-state index is 12.3. The maximum atomic E-state index is 12.3. The van der Waals surface area contributed by atoms with Gasteiger partial charge in [-0.15, -0.1) is 0 Å². The predicted molar refractivity (Wildman–Crippen MR) is 87.7 cm³/mol. The van der Waals surface area contributed by atoms with Gasteiger partial charge in [-0.05, 0) is 38.8 Å². The maximum Gasteiger partial charge on any atom is 0.240 e. The summed E-state index contributed by atoms with van der Waals surface area (Å²) in [7, 11) is 0. The van der Waals surface area contributed by atoms with E-state index >= 15 is 0 Å². The first-order chi connectivity index (χ1) is 10.1. The molecule has 3 rings (SSSR count). The second-order valence-electron chi connectivity index (χ2n) is 5.84. The van der Waals surface area contributed by atoms with E-state index in [1.54, 1.807) is 0 Å². The molecule has 0 aliphatic carbocycles. The van der Waals surface area contributed by atoms with Gasteiger partial charge in [-0.3, -0.25) is 9.69 Å². The van der Waals surface area contributed by atoms with Gasteiger partial charge < -0.3 is 5.32 Å². The molecule has 4 nitrogen and oxygen atoms in total. The Kier molecular flexibility index (Phi) is 4.22. The third-order valence-corrected chi connectivity index (χ3v) is 5.19. The lowest BCUT2D eigenvalue weighted by Crippen LogP contribution is -2.47. The number of hydrogen-bond acceptors (Lipinski definition) is 4. The van der Waals surface area contributed by atoms with Crippen LogP contribution in [0.25, 0.3) is 10.2 Å². The number of piperidine rings is 1. The average molecular weight is 303 g/mol. The van der Waals surface area contributed by atoms with Crippen LogP contribution >= 0.6 is 11.3 Å². The van der Waals surface area contributed by atoms with Gasteiger partial charge in [-0.2, -0.15) is 0 Å². The molecule has 0 radical (unpaired) electrons. The van der Waals surface area contributed by atoms with E-state index in [-0.39, 0.29) is 5.91 Å². The number of benzene rings is 1. The monoisotopic (exact) mass is 303 g/mol. The molecule has 5 heteroatoms. The fraction of sp³-hybridized carbons (Fsp3) is 0.500. The largest absolute Gasteiger partial charge is 0.301 e.